The van der Waals surface area contributed by atoms with Gasteiger partial charge in [0.25, 0.3) is 0 Å². The Bertz CT molecular complexity index is 2770. The number of nitrogens with two attached hydrogens (primary N) is 2. The predicted molar refractivity (Wildman–Crippen MR) is 250 cm³/mol. The molecule has 7 nitrogen and oxygen atoms in total. The maximum absolute atomic E-state index is 13.9. The van der Waals surface area contributed by atoms with Gasteiger partial charge in [-0.2, -0.15) is 82.8 Å². The van der Waals surface area contributed by atoms with Crippen LogP contribution in [0.2, 0.25) is 0 Å². The molecule has 0 saturated carbocycles. The minimum absolute atomic E-state index is 0. The fourth-order valence-corrected chi connectivity index (χ4v) is 6.45. The summed E-state index contributed by atoms with van der Waals surface area (Å²) in [6, 6.07) is 19.6. The molecule has 17 heteroatoms. The largest absolute Gasteiger partial charge is 3.00 e. The summed E-state index contributed by atoms with van der Waals surface area (Å²) >= 11 is 0. The number of benzene rings is 4. The Hall–Kier alpha value is -7.10. The van der Waals surface area contributed by atoms with Crippen molar-refractivity contribution in [2.24, 2.45) is 21.9 Å². The molecule has 0 atom stereocenters. The van der Waals surface area contributed by atoms with E-state index >= 15 is 0 Å². The van der Waals surface area contributed by atoms with Gasteiger partial charge in [-0.05, 0) is 73.5 Å². The van der Waals surface area contributed by atoms with Crippen LogP contribution < -0.4 is 16.4 Å². The molecular formula is C51H46F9IrN6O. The van der Waals surface area contributed by atoms with Crippen molar-refractivity contribution >= 4 is 33.0 Å². The summed E-state index contributed by atoms with van der Waals surface area (Å²) in [5.74, 6) is 8.32. The van der Waals surface area contributed by atoms with Gasteiger partial charge in [0, 0.05) is 11.1 Å². The molecule has 0 aliphatic rings. The third-order valence-corrected chi connectivity index (χ3v) is 9.15. The van der Waals surface area contributed by atoms with E-state index in [2.05, 4.69) is 66.6 Å². The van der Waals surface area contributed by atoms with Crippen LogP contribution in [0.4, 0.5) is 39.5 Å². The van der Waals surface area contributed by atoms with Crippen molar-refractivity contribution in [2.75, 3.05) is 0 Å². The molecule has 1 aromatic heterocycles. The van der Waals surface area contributed by atoms with Crippen molar-refractivity contribution in [1.29, 1.82) is 0 Å². The second-order valence-corrected chi connectivity index (χ2v) is 14.4. The van der Waals surface area contributed by atoms with E-state index < -0.39 is 46.8 Å². The van der Waals surface area contributed by atoms with Crippen LogP contribution in [0.1, 0.15) is 44.4 Å². The Kier molecular flexibility index (Phi) is 20.6. The molecule has 0 fully saturated rings. The maximum Gasteiger partial charge on any atom is 3.00 e. The molecule has 0 unspecified atom stereocenters. The van der Waals surface area contributed by atoms with Crippen molar-refractivity contribution in [3.63, 3.8) is 0 Å². The van der Waals surface area contributed by atoms with Crippen molar-refractivity contribution < 1.29 is 64.4 Å². The summed E-state index contributed by atoms with van der Waals surface area (Å²) in [6.07, 6.45) is -6.39. The van der Waals surface area contributed by atoms with Gasteiger partial charge in [-0.1, -0.05) is 102 Å². The van der Waals surface area contributed by atoms with Gasteiger partial charge in [0.15, 0.2) is 0 Å². The number of allylic oxidation sites excluding steroid dienone is 12. The average Bonchev–Trinajstić information content (AvgIpc) is 3.23. The molecule has 0 radical (unpaired) electrons. The summed E-state index contributed by atoms with van der Waals surface area (Å²) < 4.78 is 128. The first-order valence-electron chi connectivity index (χ1n) is 19.6. The minimum atomic E-state index is -6.01. The Morgan fingerprint density at radius 2 is 1.13 bits per heavy atom. The van der Waals surface area contributed by atoms with Crippen molar-refractivity contribution in [3.05, 3.63) is 206 Å². The number of hydrogen-bond acceptors (Lipinski definition) is 7. The predicted octanol–water partition coefficient (Wildman–Crippen LogP) is 14.6. The third kappa shape index (κ3) is 15.2. The van der Waals surface area contributed by atoms with Gasteiger partial charge in [-0.3, -0.25) is 0 Å². The Balaban J connectivity index is 0.000000452. The van der Waals surface area contributed by atoms with E-state index in [1.807, 2.05) is 52.0 Å². The normalized spacial score (nSPS) is 13.1. The van der Waals surface area contributed by atoms with Gasteiger partial charge in [-0.15, -0.1) is 41.0 Å². The van der Waals surface area contributed by atoms with E-state index in [0.717, 1.165) is 22.3 Å². The molecule has 0 aliphatic heterocycles. The molecule has 0 aliphatic carbocycles. The van der Waals surface area contributed by atoms with Gasteiger partial charge in [0.05, 0.1) is 11.1 Å². The van der Waals surface area contributed by atoms with Crippen LogP contribution in [-0.4, -0.2) is 21.6 Å². The number of aromatic nitrogens is 2. The first-order chi connectivity index (χ1) is 31.3. The fourth-order valence-electron chi connectivity index (χ4n) is 6.45. The van der Waals surface area contributed by atoms with Crippen LogP contribution in [0.5, 0.6) is 11.6 Å². The molecular weight excluding hydrogens is 1080 g/mol. The van der Waals surface area contributed by atoms with E-state index in [0.29, 0.717) is 44.3 Å². The number of rotatable bonds is 11. The summed E-state index contributed by atoms with van der Waals surface area (Å²) in [7, 11) is 0. The number of halogens is 9. The number of ether oxygens (including phenoxy) is 1. The second kappa shape index (κ2) is 24.6. The molecule has 0 bridgehead atoms. The number of hydrogen-bond donors (Lipinski definition) is 2. The summed E-state index contributed by atoms with van der Waals surface area (Å²) in [5.41, 5.74) is -0.731. The first kappa shape index (κ1) is 57.0. The molecule has 0 amide bonds. The summed E-state index contributed by atoms with van der Waals surface area (Å²) in [4.78, 5) is 0. The molecule has 358 valence electrons. The van der Waals surface area contributed by atoms with Crippen molar-refractivity contribution in [2.45, 2.75) is 46.2 Å². The van der Waals surface area contributed by atoms with Gasteiger partial charge in [0.1, 0.15) is 11.3 Å². The van der Waals surface area contributed by atoms with Crippen LogP contribution in [-0.2, 0) is 38.6 Å². The van der Waals surface area contributed by atoms with Gasteiger partial charge >= 0.3 is 38.6 Å². The molecule has 5 rings (SSSR count). The van der Waals surface area contributed by atoms with Crippen LogP contribution in [0.15, 0.2) is 179 Å². The Morgan fingerprint density at radius 1 is 0.662 bits per heavy atom. The first-order valence-corrected chi connectivity index (χ1v) is 19.6. The molecule has 0 saturated heterocycles. The van der Waals surface area contributed by atoms with E-state index in [9.17, 15) is 39.5 Å². The van der Waals surface area contributed by atoms with Crippen LogP contribution in [0.3, 0.4) is 0 Å². The number of alkyl halides is 9. The quantitative estimate of drug-likeness (QED) is 0.0260. The monoisotopic (exact) mass is 1120 g/mol. The summed E-state index contributed by atoms with van der Waals surface area (Å²) in [6.45, 7) is 29.8. The number of fused-ring (bicyclic) bond motifs is 2. The molecule has 1 heterocycles. The zero-order valence-electron chi connectivity index (χ0n) is 37.2. The smallest absolute Gasteiger partial charge is 0.436 e. The molecule has 4 N–H and O–H groups in total. The number of nitrogens with zero attached hydrogens (tertiary/aromatic N) is 4. The van der Waals surface area contributed by atoms with E-state index in [-0.39, 0.29) is 43.3 Å². The topological polar surface area (TPSA) is 112 Å². The minimum Gasteiger partial charge on any atom is -0.436 e. The van der Waals surface area contributed by atoms with Gasteiger partial charge in [0.2, 0.25) is 5.88 Å². The standard InChI is InChI=1S/C27H12F9N2O.2C12H17N2.Ir/c28-25(29,30)19-10-11-20(22(27(34,35)36)21(19)26(31,32)33)39-24-18-13-16-9-5-4-8-15(16)12-17(18)23(37-38-24)14-6-2-1-3-7-14;2*1-6-7-10(4)8-11(5)12(14-13)9(2)3;/h1-6,8-13H;2*6-8H,1-3,13H2,4-5H3;/q3*-1;+3/b;2*10-7+,11-8+,14-12-;. The molecule has 5 aromatic rings. The number of hydrazone groups is 2. The van der Waals surface area contributed by atoms with E-state index in [1.54, 1.807) is 66.7 Å². The molecule has 4 aromatic carbocycles. The Morgan fingerprint density at radius 3 is 1.53 bits per heavy atom. The van der Waals surface area contributed by atoms with Crippen LogP contribution >= 0.6 is 0 Å². The van der Waals surface area contributed by atoms with Gasteiger partial charge in [-0.25, -0.2) is 10.2 Å². The van der Waals surface area contributed by atoms with Crippen LogP contribution in [0.25, 0.3) is 32.8 Å². The average molecular weight is 1120 g/mol. The SMILES string of the molecule is C=C/C=C(C)/C=C(C)/C(=N\N)C(=C)[CH2-].C=C/C=C(C)/C=C(C)/C(=N\N)C(=C)[CH2-].FC(F)(F)c1ccc(Oc2nnc(-c3[c-]cccc3)c3cc4ccccc4cc23)c(C(F)(F)F)c1C(F)(F)F.[Ir+3]. The maximum atomic E-state index is 13.9. The zero-order chi connectivity index (χ0) is 50.4. The van der Waals surface area contributed by atoms with E-state index in [1.165, 1.54) is 6.07 Å². The zero-order valence-corrected chi connectivity index (χ0v) is 39.6. The van der Waals surface area contributed by atoms with Crippen molar-refractivity contribution in [1.82, 2.24) is 10.2 Å². The second-order valence-electron chi connectivity index (χ2n) is 14.4. The summed E-state index contributed by atoms with van der Waals surface area (Å²) in [5, 5.41) is 16.8. The molecule has 0 spiro atoms. The van der Waals surface area contributed by atoms with Gasteiger partial charge < -0.3 is 16.4 Å². The van der Waals surface area contributed by atoms with Crippen LogP contribution in [0, 0.1) is 19.9 Å². The fraction of sp³-hybridized carbons (Fsp3) is 0.137. The van der Waals surface area contributed by atoms with Crippen molar-refractivity contribution in [3.8, 4) is 22.9 Å². The third-order valence-electron chi connectivity index (χ3n) is 9.15. The molecule has 68 heavy (non-hydrogen) atoms. The Labute approximate surface area is 402 Å². The van der Waals surface area contributed by atoms with E-state index in [4.69, 9.17) is 16.4 Å².